The lowest BCUT2D eigenvalue weighted by atomic mass is 10.0. The smallest absolute Gasteiger partial charge is 0.237 e. The van der Waals surface area contributed by atoms with Gasteiger partial charge in [-0.2, -0.15) is 0 Å². The lowest BCUT2D eigenvalue weighted by Gasteiger charge is -2.18. The number of aromatic nitrogens is 1. The van der Waals surface area contributed by atoms with E-state index in [-0.39, 0.29) is 11.9 Å². The highest BCUT2D eigenvalue weighted by atomic mass is 16.2. The fourth-order valence-corrected chi connectivity index (χ4v) is 3.20. The van der Waals surface area contributed by atoms with Gasteiger partial charge in [-0.05, 0) is 49.4 Å². The average molecular weight is 335 g/mol. The highest BCUT2D eigenvalue weighted by Gasteiger charge is 2.18. The first-order valence-corrected chi connectivity index (χ1v) is 8.70. The topological polar surface area (TPSA) is 70.9 Å². The number of carbonyl (C=O) groups excluding carboxylic acids is 1. The Labute approximate surface area is 148 Å². The Morgan fingerprint density at radius 1 is 1.08 bits per heavy atom. The summed E-state index contributed by atoms with van der Waals surface area (Å²) < 4.78 is 0. The summed E-state index contributed by atoms with van der Waals surface area (Å²) in [5.41, 5.74) is 10.8. The van der Waals surface area contributed by atoms with Crippen molar-refractivity contribution >= 4 is 16.8 Å². The minimum Gasteiger partial charge on any atom is -0.361 e. The minimum absolute atomic E-state index is 0.0441. The van der Waals surface area contributed by atoms with Crippen molar-refractivity contribution in [3.8, 4) is 0 Å². The van der Waals surface area contributed by atoms with Crippen LogP contribution in [0, 0.1) is 6.92 Å². The zero-order valence-electron chi connectivity index (χ0n) is 14.8. The molecule has 3 rings (SSSR count). The van der Waals surface area contributed by atoms with E-state index in [1.54, 1.807) is 0 Å². The van der Waals surface area contributed by atoms with Gasteiger partial charge in [0.05, 0.1) is 6.04 Å². The number of H-pyrrole nitrogens is 1. The number of aryl methyl sites for hydroxylation is 1. The third-order valence-electron chi connectivity index (χ3n) is 4.63. The van der Waals surface area contributed by atoms with Gasteiger partial charge in [0, 0.05) is 23.1 Å². The summed E-state index contributed by atoms with van der Waals surface area (Å²) in [6, 6.07) is 15.8. The predicted octanol–water partition coefficient (Wildman–Crippen LogP) is 3.09. The summed E-state index contributed by atoms with van der Waals surface area (Å²) >= 11 is 0. The van der Waals surface area contributed by atoms with Gasteiger partial charge in [-0.25, -0.2) is 0 Å². The second-order valence-electron chi connectivity index (χ2n) is 6.71. The predicted molar refractivity (Wildman–Crippen MR) is 102 cm³/mol. The number of para-hydroxylation sites is 1. The molecule has 0 bridgehead atoms. The summed E-state index contributed by atoms with van der Waals surface area (Å²) in [7, 11) is 0. The molecule has 2 aromatic carbocycles. The molecule has 0 aliphatic carbocycles. The van der Waals surface area contributed by atoms with Gasteiger partial charge in [0.15, 0.2) is 0 Å². The Kier molecular flexibility index (Phi) is 5.19. The molecule has 0 aliphatic heterocycles. The van der Waals surface area contributed by atoms with Crippen LogP contribution in [0.1, 0.15) is 23.6 Å². The highest BCUT2D eigenvalue weighted by molar-refractivity contribution is 5.86. The van der Waals surface area contributed by atoms with E-state index in [4.69, 9.17) is 5.73 Å². The van der Waals surface area contributed by atoms with Crippen molar-refractivity contribution in [1.82, 2.24) is 10.3 Å². The quantitative estimate of drug-likeness (QED) is 0.648. The lowest BCUT2D eigenvalue weighted by molar-refractivity contribution is -0.122. The molecule has 3 aromatic rings. The molecular weight excluding hydrogens is 310 g/mol. The number of rotatable bonds is 6. The summed E-state index contributed by atoms with van der Waals surface area (Å²) in [6.45, 7) is 4.11. The van der Waals surface area contributed by atoms with Crippen LogP contribution in [0.2, 0.25) is 0 Å². The van der Waals surface area contributed by atoms with E-state index in [9.17, 15) is 4.79 Å². The Morgan fingerprint density at radius 3 is 2.60 bits per heavy atom. The van der Waals surface area contributed by atoms with Gasteiger partial charge in [0.25, 0.3) is 0 Å². The maximum atomic E-state index is 12.4. The SMILES string of the molecule is Cc1ccccc1CC(C)NC(=O)[C@@H](N)Cc1c[nH]c2ccccc12. The van der Waals surface area contributed by atoms with E-state index in [1.807, 2.05) is 49.5 Å². The van der Waals surface area contributed by atoms with E-state index in [2.05, 4.69) is 29.4 Å². The van der Waals surface area contributed by atoms with Crippen molar-refractivity contribution in [1.29, 1.82) is 0 Å². The largest absolute Gasteiger partial charge is 0.361 e. The number of hydrogen-bond donors (Lipinski definition) is 3. The zero-order chi connectivity index (χ0) is 17.8. The van der Waals surface area contributed by atoms with E-state index in [1.165, 1.54) is 11.1 Å². The molecular formula is C21H25N3O. The van der Waals surface area contributed by atoms with Crippen molar-refractivity contribution in [3.05, 3.63) is 71.4 Å². The van der Waals surface area contributed by atoms with Crippen LogP contribution in [0.15, 0.2) is 54.7 Å². The molecule has 1 heterocycles. The third kappa shape index (κ3) is 4.09. The van der Waals surface area contributed by atoms with Crippen LogP contribution in [0.4, 0.5) is 0 Å². The van der Waals surface area contributed by atoms with Crippen molar-refractivity contribution in [2.24, 2.45) is 5.73 Å². The summed E-state index contributed by atoms with van der Waals surface area (Å²) in [6.07, 6.45) is 3.26. The van der Waals surface area contributed by atoms with Crippen LogP contribution in [-0.4, -0.2) is 23.0 Å². The first-order chi connectivity index (χ1) is 12.0. The molecule has 0 aliphatic rings. The van der Waals surface area contributed by atoms with Gasteiger partial charge in [-0.15, -0.1) is 0 Å². The number of amides is 1. The van der Waals surface area contributed by atoms with Crippen molar-refractivity contribution in [2.45, 2.75) is 38.8 Å². The van der Waals surface area contributed by atoms with Crippen LogP contribution >= 0.6 is 0 Å². The van der Waals surface area contributed by atoms with Gasteiger partial charge in [-0.3, -0.25) is 4.79 Å². The van der Waals surface area contributed by atoms with Crippen LogP contribution in [-0.2, 0) is 17.6 Å². The van der Waals surface area contributed by atoms with Crippen LogP contribution < -0.4 is 11.1 Å². The first kappa shape index (κ1) is 17.2. The van der Waals surface area contributed by atoms with E-state index in [0.717, 1.165) is 22.9 Å². The van der Waals surface area contributed by atoms with Gasteiger partial charge < -0.3 is 16.0 Å². The number of hydrogen-bond acceptors (Lipinski definition) is 2. The molecule has 1 unspecified atom stereocenters. The van der Waals surface area contributed by atoms with Crippen LogP contribution in [0.5, 0.6) is 0 Å². The highest BCUT2D eigenvalue weighted by Crippen LogP contribution is 2.18. The average Bonchev–Trinajstić information content (AvgIpc) is 3.00. The van der Waals surface area contributed by atoms with Gasteiger partial charge >= 0.3 is 0 Å². The summed E-state index contributed by atoms with van der Waals surface area (Å²) in [5.74, 6) is -0.105. The lowest BCUT2D eigenvalue weighted by Crippen LogP contribution is -2.46. The normalized spacial score (nSPS) is 13.6. The summed E-state index contributed by atoms with van der Waals surface area (Å²) in [5, 5.41) is 4.17. The van der Waals surface area contributed by atoms with Crippen LogP contribution in [0.3, 0.4) is 0 Å². The van der Waals surface area contributed by atoms with Crippen LogP contribution in [0.25, 0.3) is 10.9 Å². The van der Waals surface area contributed by atoms with Crippen molar-refractivity contribution in [3.63, 3.8) is 0 Å². The molecule has 130 valence electrons. The Morgan fingerprint density at radius 2 is 1.80 bits per heavy atom. The van der Waals surface area contributed by atoms with Crippen molar-refractivity contribution in [2.75, 3.05) is 0 Å². The maximum absolute atomic E-state index is 12.4. The molecule has 1 aromatic heterocycles. The molecule has 4 nitrogen and oxygen atoms in total. The standard InChI is InChI=1S/C21H25N3O/c1-14-7-3-4-8-16(14)11-15(2)24-21(25)19(22)12-17-13-23-20-10-6-5-9-18(17)20/h3-10,13,15,19,23H,11-12,22H2,1-2H3,(H,24,25)/t15?,19-/m0/s1. The molecule has 2 atom stereocenters. The molecule has 0 spiro atoms. The number of benzene rings is 2. The van der Waals surface area contributed by atoms with Gasteiger partial charge in [0.2, 0.25) is 5.91 Å². The molecule has 0 saturated carbocycles. The monoisotopic (exact) mass is 335 g/mol. The maximum Gasteiger partial charge on any atom is 0.237 e. The molecule has 1 amide bonds. The van der Waals surface area contributed by atoms with E-state index < -0.39 is 6.04 Å². The molecule has 0 fully saturated rings. The zero-order valence-corrected chi connectivity index (χ0v) is 14.8. The minimum atomic E-state index is -0.557. The molecule has 25 heavy (non-hydrogen) atoms. The fourth-order valence-electron chi connectivity index (χ4n) is 3.20. The molecule has 0 radical (unpaired) electrons. The first-order valence-electron chi connectivity index (χ1n) is 8.70. The molecule has 4 N–H and O–H groups in total. The van der Waals surface area contributed by atoms with E-state index >= 15 is 0 Å². The Balaban J connectivity index is 1.60. The number of fused-ring (bicyclic) bond motifs is 1. The van der Waals surface area contributed by atoms with Gasteiger partial charge in [0.1, 0.15) is 0 Å². The number of carbonyl (C=O) groups is 1. The molecule has 0 saturated heterocycles. The Bertz CT molecular complexity index is 868. The van der Waals surface area contributed by atoms with E-state index in [0.29, 0.717) is 6.42 Å². The summed E-state index contributed by atoms with van der Waals surface area (Å²) in [4.78, 5) is 15.7. The Hall–Kier alpha value is -2.59. The third-order valence-corrected chi connectivity index (χ3v) is 4.63. The fraction of sp³-hybridized carbons (Fsp3) is 0.286. The number of nitrogens with two attached hydrogens (primary N) is 1. The second-order valence-corrected chi connectivity index (χ2v) is 6.71. The number of nitrogens with one attached hydrogen (secondary N) is 2. The van der Waals surface area contributed by atoms with Crippen molar-refractivity contribution < 1.29 is 4.79 Å². The van der Waals surface area contributed by atoms with Gasteiger partial charge in [-0.1, -0.05) is 42.5 Å². The second kappa shape index (κ2) is 7.53. The molecule has 4 heteroatoms. The number of aromatic amines is 1.